The number of hydrogen-bond acceptors (Lipinski definition) is 3. The number of aromatic amines is 1. The summed E-state index contributed by atoms with van der Waals surface area (Å²) < 4.78 is 42.7. The molecule has 120 valence electrons. The molecule has 2 aromatic carbocycles. The van der Waals surface area contributed by atoms with Crippen LogP contribution in [0.15, 0.2) is 51.9 Å². The summed E-state index contributed by atoms with van der Waals surface area (Å²) in [5.41, 5.74) is 0.264. The van der Waals surface area contributed by atoms with Crippen molar-refractivity contribution in [2.45, 2.75) is 0 Å². The number of fused-ring (bicyclic) bond motifs is 3. The molecule has 0 saturated carbocycles. The summed E-state index contributed by atoms with van der Waals surface area (Å²) >= 11 is 3.23. The molecular formula is C17H11BrFN3O2. The third-order valence-corrected chi connectivity index (χ3v) is 4.22. The van der Waals surface area contributed by atoms with Gasteiger partial charge in [0, 0.05) is 16.1 Å². The minimum absolute atomic E-state index is 0.00998. The first-order valence-electron chi connectivity index (χ1n) is 8.41. The molecule has 0 aliphatic rings. The summed E-state index contributed by atoms with van der Waals surface area (Å²) in [4.78, 5) is 16.9. The lowest BCUT2D eigenvalue weighted by molar-refractivity contribution is 0.411. The van der Waals surface area contributed by atoms with Gasteiger partial charge in [0.1, 0.15) is 17.0 Å². The Morgan fingerprint density at radius 1 is 1.33 bits per heavy atom. The Morgan fingerprint density at radius 3 is 3.00 bits per heavy atom. The first-order valence-corrected chi connectivity index (χ1v) is 7.71. The molecule has 2 heterocycles. The summed E-state index contributed by atoms with van der Waals surface area (Å²) in [7, 11) is -2.67. The van der Waals surface area contributed by atoms with E-state index in [9.17, 15) is 9.18 Å². The van der Waals surface area contributed by atoms with Crippen molar-refractivity contribution in [3.63, 3.8) is 0 Å². The predicted octanol–water partition coefficient (Wildman–Crippen LogP) is 3.78. The number of nitrogens with one attached hydrogen (secondary N) is 1. The zero-order valence-corrected chi connectivity index (χ0v) is 13.6. The van der Waals surface area contributed by atoms with Crippen molar-refractivity contribution in [1.82, 2.24) is 14.8 Å². The number of hydrogen-bond donors (Lipinski definition) is 1. The number of methoxy groups -OCH3 is 1. The molecule has 24 heavy (non-hydrogen) atoms. The molecule has 0 unspecified atom stereocenters. The van der Waals surface area contributed by atoms with Gasteiger partial charge in [0.15, 0.2) is 5.82 Å². The van der Waals surface area contributed by atoms with Gasteiger partial charge in [-0.3, -0.25) is 14.9 Å². The average molecular weight is 391 g/mol. The van der Waals surface area contributed by atoms with Crippen LogP contribution in [0.2, 0.25) is 0 Å². The molecule has 0 bridgehead atoms. The topological polar surface area (TPSA) is 59.9 Å². The first-order chi connectivity index (χ1) is 12.7. The highest BCUT2D eigenvalue weighted by molar-refractivity contribution is 9.10. The van der Waals surface area contributed by atoms with Crippen molar-refractivity contribution in [1.29, 1.82) is 0 Å². The molecule has 0 saturated heterocycles. The quantitative estimate of drug-likeness (QED) is 0.566. The largest absolute Gasteiger partial charge is 0.494 e. The predicted molar refractivity (Wildman–Crippen MR) is 93.4 cm³/mol. The standard InChI is InChI=1S/C17H11BrFN3O2/c1-24-14-5-3-2-4-13(14)22-17(23)11-8-20-16-10(15(11)21-22)6-9(18)7-12(16)19/h2-8,21H,1H3/i1D3. The number of halogens is 2. The van der Waals surface area contributed by atoms with E-state index in [-0.39, 0.29) is 22.3 Å². The Morgan fingerprint density at radius 2 is 2.17 bits per heavy atom. The molecule has 4 rings (SSSR count). The Bertz CT molecular complexity index is 1250. The van der Waals surface area contributed by atoms with Gasteiger partial charge in [0.25, 0.3) is 5.56 Å². The van der Waals surface area contributed by atoms with E-state index >= 15 is 0 Å². The number of rotatable bonds is 2. The van der Waals surface area contributed by atoms with Gasteiger partial charge < -0.3 is 4.74 Å². The van der Waals surface area contributed by atoms with Gasteiger partial charge in [-0.1, -0.05) is 28.1 Å². The molecule has 1 N–H and O–H groups in total. The van der Waals surface area contributed by atoms with Crippen LogP contribution in [0.1, 0.15) is 4.11 Å². The normalized spacial score (nSPS) is 13.7. The van der Waals surface area contributed by atoms with Gasteiger partial charge in [-0.2, -0.15) is 0 Å². The summed E-state index contributed by atoms with van der Waals surface area (Å²) in [6.45, 7) is 0. The monoisotopic (exact) mass is 390 g/mol. The first kappa shape index (κ1) is 11.8. The highest BCUT2D eigenvalue weighted by Gasteiger charge is 2.16. The summed E-state index contributed by atoms with van der Waals surface area (Å²) in [5, 5.41) is 3.58. The van der Waals surface area contributed by atoms with E-state index in [4.69, 9.17) is 8.85 Å². The number of nitrogens with zero attached hydrogens (tertiary/aromatic N) is 2. The second-order valence-corrected chi connectivity index (χ2v) is 6.07. The summed E-state index contributed by atoms with van der Waals surface area (Å²) in [6, 6.07) is 9.18. The molecule has 7 heteroatoms. The minimum atomic E-state index is -2.67. The van der Waals surface area contributed by atoms with E-state index in [0.717, 1.165) is 4.68 Å². The van der Waals surface area contributed by atoms with Crippen molar-refractivity contribution in [2.75, 3.05) is 7.04 Å². The van der Waals surface area contributed by atoms with Crippen LogP contribution in [0.3, 0.4) is 0 Å². The Balaban J connectivity index is 2.01. The van der Waals surface area contributed by atoms with Crippen LogP contribution in [0.25, 0.3) is 27.5 Å². The van der Waals surface area contributed by atoms with E-state index in [1.807, 2.05) is 0 Å². The summed E-state index contributed by atoms with van der Waals surface area (Å²) in [5.74, 6) is -0.517. The van der Waals surface area contributed by atoms with Crippen molar-refractivity contribution >= 4 is 37.7 Å². The Labute approximate surface area is 148 Å². The maximum absolute atomic E-state index is 14.2. The molecule has 0 fully saturated rings. The average Bonchev–Trinajstić information content (AvgIpc) is 2.91. The van der Waals surface area contributed by atoms with Crippen molar-refractivity contribution in [3.8, 4) is 11.4 Å². The van der Waals surface area contributed by atoms with Crippen molar-refractivity contribution < 1.29 is 13.2 Å². The van der Waals surface area contributed by atoms with Gasteiger partial charge in [0.2, 0.25) is 0 Å². The highest BCUT2D eigenvalue weighted by Crippen LogP contribution is 2.28. The third-order valence-electron chi connectivity index (χ3n) is 3.76. The van der Waals surface area contributed by atoms with E-state index in [1.54, 1.807) is 24.3 Å². The van der Waals surface area contributed by atoms with Crippen LogP contribution in [-0.4, -0.2) is 21.8 Å². The smallest absolute Gasteiger partial charge is 0.280 e. The maximum Gasteiger partial charge on any atom is 0.280 e. The number of pyridine rings is 1. The zero-order valence-electron chi connectivity index (χ0n) is 15.0. The third kappa shape index (κ3) is 2.12. The van der Waals surface area contributed by atoms with Crippen molar-refractivity contribution in [3.05, 3.63) is 63.2 Å². The van der Waals surface area contributed by atoms with Gasteiger partial charge in [-0.05, 0) is 24.3 Å². The Kier molecular flexibility index (Phi) is 2.68. The molecule has 0 aliphatic carbocycles. The fourth-order valence-electron chi connectivity index (χ4n) is 2.69. The fourth-order valence-corrected chi connectivity index (χ4v) is 3.12. The minimum Gasteiger partial charge on any atom is -0.494 e. The molecule has 0 radical (unpaired) electrons. The zero-order chi connectivity index (χ0) is 19.3. The molecule has 0 aliphatic heterocycles. The molecular weight excluding hydrogens is 377 g/mol. The van der Waals surface area contributed by atoms with Crippen LogP contribution in [-0.2, 0) is 0 Å². The Hall–Kier alpha value is -2.67. The molecule has 2 aromatic heterocycles. The van der Waals surface area contributed by atoms with Gasteiger partial charge in [-0.15, -0.1) is 0 Å². The van der Waals surface area contributed by atoms with Crippen molar-refractivity contribution in [2.24, 2.45) is 0 Å². The fraction of sp³-hybridized carbons (Fsp3) is 0.0588. The van der Waals surface area contributed by atoms with E-state index in [2.05, 4.69) is 26.0 Å². The lowest BCUT2D eigenvalue weighted by Gasteiger charge is -2.07. The van der Waals surface area contributed by atoms with Gasteiger partial charge in [0.05, 0.1) is 22.1 Å². The number of H-pyrrole nitrogens is 1. The number of benzene rings is 2. The molecule has 0 atom stereocenters. The number of ether oxygens (including phenoxy) is 1. The van der Waals surface area contributed by atoms with Crippen LogP contribution in [0.4, 0.5) is 4.39 Å². The molecule has 4 aromatic rings. The van der Waals surface area contributed by atoms with Gasteiger partial charge >= 0.3 is 0 Å². The second-order valence-electron chi connectivity index (χ2n) is 5.15. The molecule has 0 amide bonds. The van der Waals surface area contributed by atoms with Crippen LogP contribution < -0.4 is 10.3 Å². The molecule has 0 spiro atoms. The number of para-hydroxylation sites is 2. The lowest BCUT2D eigenvalue weighted by atomic mass is 10.1. The van der Waals surface area contributed by atoms with Gasteiger partial charge in [-0.25, -0.2) is 9.07 Å². The molecule has 5 nitrogen and oxygen atoms in total. The maximum atomic E-state index is 14.2. The number of aromatic nitrogens is 3. The summed E-state index contributed by atoms with van der Waals surface area (Å²) in [6.07, 6.45) is 1.29. The van der Waals surface area contributed by atoms with E-state index in [1.165, 1.54) is 18.3 Å². The van der Waals surface area contributed by atoms with Crippen LogP contribution in [0.5, 0.6) is 5.75 Å². The highest BCUT2D eigenvalue weighted by atomic mass is 79.9. The van der Waals surface area contributed by atoms with E-state index < -0.39 is 18.4 Å². The lowest BCUT2D eigenvalue weighted by Crippen LogP contribution is -2.15. The van der Waals surface area contributed by atoms with Crippen LogP contribution >= 0.6 is 15.9 Å². The SMILES string of the molecule is [2H]C([2H])([2H])Oc1ccccc1-n1[nH]c2c(cnc3c(F)cc(Br)cc32)c1=O. The second kappa shape index (κ2) is 5.45. The van der Waals surface area contributed by atoms with Crippen LogP contribution in [0, 0.1) is 5.82 Å². The van der Waals surface area contributed by atoms with E-state index in [0.29, 0.717) is 15.4 Å².